The van der Waals surface area contributed by atoms with Gasteiger partial charge in [0.25, 0.3) is 0 Å². The second kappa shape index (κ2) is 8.46. The van der Waals surface area contributed by atoms with E-state index in [1.54, 1.807) is 0 Å². The third kappa shape index (κ3) is 5.11. The van der Waals surface area contributed by atoms with E-state index in [2.05, 4.69) is 20.8 Å². The molecule has 0 N–H and O–H groups in total. The standard InChI is InChI=1S/C17H33Cl/c1-4-5-6-7-8-9-12-15(2)17(3,18)16-13-10-11-14-16/h15-16H,4-14H2,1-3H3. The summed E-state index contributed by atoms with van der Waals surface area (Å²) in [5.41, 5.74) is 0. The summed E-state index contributed by atoms with van der Waals surface area (Å²) >= 11 is 6.86. The lowest BCUT2D eigenvalue weighted by Crippen LogP contribution is -2.34. The Morgan fingerprint density at radius 3 is 2.22 bits per heavy atom. The largest absolute Gasteiger partial charge is 0.119 e. The van der Waals surface area contributed by atoms with Crippen LogP contribution in [0.5, 0.6) is 0 Å². The van der Waals surface area contributed by atoms with Crippen molar-refractivity contribution in [2.24, 2.45) is 11.8 Å². The molecule has 0 aromatic rings. The molecule has 1 fully saturated rings. The van der Waals surface area contributed by atoms with Crippen molar-refractivity contribution in [1.82, 2.24) is 0 Å². The summed E-state index contributed by atoms with van der Waals surface area (Å²) in [4.78, 5) is 0.0555. The van der Waals surface area contributed by atoms with Crippen molar-refractivity contribution in [3.05, 3.63) is 0 Å². The van der Waals surface area contributed by atoms with E-state index in [0.29, 0.717) is 5.92 Å². The van der Waals surface area contributed by atoms with Gasteiger partial charge in [0, 0.05) is 4.87 Å². The highest BCUT2D eigenvalue weighted by molar-refractivity contribution is 6.24. The van der Waals surface area contributed by atoms with Crippen LogP contribution in [0.2, 0.25) is 0 Å². The number of rotatable bonds is 9. The first kappa shape index (κ1) is 16.3. The van der Waals surface area contributed by atoms with E-state index in [-0.39, 0.29) is 4.87 Å². The Balaban J connectivity index is 2.16. The maximum atomic E-state index is 6.86. The molecule has 18 heavy (non-hydrogen) atoms. The van der Waals surface area contributed by atoms with Gasteiger partial charge in [-0.05, 0) is 38.0 Å². The summed E-state index contributed by atoms with van der Waals surface area (Å²) < 4.78 is 0. The Bertz CT molecular complexity index is 204. The molecule has 0 amide bonds. The first-order valence-corrected chi connectivity index (χ1v) is 8.65. The van der Waals surface area contributed by atoms with Crippen LogP contribution in [0.15, 0.2) is 0 Å². The highest BCUT2D eigenvalue weighted by Crippen LogP contribution is 2.44. The minimum absolute atomic E-state index is 0.0555. The van der Waals surface area contributed by atoms with E-state index < -0.39 is 0 Å². The quantitative estimate of drug-likeness (QED) is 0.329. The zero-order valence-corrected chi connectivity index (χ0v) is 13.6. The van der Waals surface area contributed by atoms with Crippen LogP contribution in [-0.4, -0.2) is 4.87 Å². The van der Waals surface area contributed by atoms with Gasteiger partial charge in [-0.3, -0.25) is 0 Å². The Hall–Kier alpha value is 0.290. The van der Waals surface area contributed by atoms with Crippen LogP contribution in [0.3, 0.4) is 0 Å². The summed E-state index contributed by atoms with van der Waals surface area (Å²) in [5, 5.41) is 0. The van der Waals surface area contributed by atoms with Gasteiger partial charge >= 0.3 is 0 Å². The lowest BCUT2D eigenvalue weighted by molar-refractivity contribution is 0.279. The first-order chi connectivity index (χ1) is 8.59. The SMILES string of the molecule is CCCCCCCCC(C)C(C)(Cl)C1CCCC1. The van der Waals surface area contributed by atoms with Gasteiger partial charge in [0.2, 0.25) is 0 Å². The Morgan fingerprint density at radius 1 is 1.06 bits per heavy atom. The van der Waals surface area contributed by atoms with Crippen molar-refractivity contribution in [2.45, 2.75) is 96.3 Å². The molecule has 1 aliphatic carbocycles. The molecule has 0 saturated heterocycles. The predicted molar refractivity (Wildman–Crippen MR) is 83.4 cm³/mol. The molecule has 0 aromatic heterocycles. The lowest BCUT2D eigenvalue weighted by atomic mass is 9.79. The summed E-state index contributed by atoms with van der Waals surface area (Å²) in [6.07, 6.45) is 15.2. The number of unbranched alkanes of at least 4 members (excludes halogenated alkanes) is 5. The summed E-state index contributed by atoms with van der Waals surface area (Å²) in [6, 6.07) is 0. The zero-order valence-electron chi connectivity index (χ0n) is 12.8. The topological polar surface area (TPSA) is 0 Å². The van der Waals surface area contributed by atoms with E-state index in [4.69, 9.17) is 11.6 Å². The number of hydrogen-bond acceptors (Lipinski definition) is 0. The second-order valence-corrected chi connectivity index (χ2v) is 7.40. The fourth-order valence-corrected chi connectivity index (χ4v) is 3.73. The molecule has 0 heterocycles. The van der Waals surface area contributed by atoms with Crippen molar-refractivity contribution in [3.63, 3.8) is 0 Å². The van der Waals surface area contributed by atoms with Crippen molar-refractivity contribution in [3.8, 4) is 0 Å². The summed E-state index contributed by atoms with van der Waals surface area (Å²) in [5.74, 6) is 1.45. The Labute approximate surface area is 120 Å². The molecule has 0 spiro atoms. The third-order valence-electron chi connectivity index (χ3n) is 5.11. The minimum atomic E-state index is 0.0555. The molecule has 1 rings (SSSR count). The van der Waals surface area contributed by atoms with Crippen LogP contribution in [0.25, 0.3) is 0 Å². The van der Waals surface area contributed by atoms with Gasteiger partial charge < -0.3 is 0 Å². The lowest BCUT2D eigenvalue weighted by Gasteiger charge is -2.35. The molecule has 0 radical (unpaired) electrons. The molecule has 1 heteroatoms. The van der Waals surface area contributed by atoms with Crippen molar-refractivity contribution in [2.75, 3.05) is 0 Å². The van der Waals surface area contributed by atoms with E-state index >= 15 is 0 Å². The van der Waals surface area contributed by atoms with Crippen LogP contribution >= 0.6 is 11.6 Å². The number of alkyl halides is 1. The van der Waals surface area contributed by atoms with E-state index in [1.807, 2.05) is 0 Å². The van der Waals surface area contributed by atoms with Crippen LogP contribution in [0, 0.1) is 11.8 Å². The van der Waals surface area contributed by atoms with Gasteiger partial charge in [-0.2, -0.15) is 0 Å². The van der Waals surface area contributed by atoms with E-state index in [1.165, 1.54) is 70.6 Å². The van der Waals surface area contributed by atoms with Crippen molar-refractivity contribution >= 4 is 11.6 Å². The Morgan fingerprint density at radius 2 is 1.61 bits per heavy atom. The zero-order chi connectivity index (χ0) is 13.4. The molecule has 0 aliphatic heterocycles. The van der Waals surface area contributed by atoms with Crippen LogP contribution in [0.1, 0.15) is 91.4 Å². The average Bonchev–Trinajstić information content (AvgIpc) is 2.87. The molecule has 0 bridgehead atoms. The molecule has 1 saturated carbocycles. The minimum Gasteiger partial charge on any atom is -0.119 e. The van der Waals surface area contributed by atoms with Crippen molar-refractivity contribution < 1.29 is 0 Å². The normalized spacial score (nSPS) is 22.0. The Kier molecular flexibility index (Phi) is 7.68. The molecular formula is C17H33Cl. The van der Waals surface area contributed by atoms with Crippen LogP contribution in [0.4, 0.5) is 0 Å². The van der Waals surface area contributed by atoms with Crippen molar-refractivity contribution in [1.29, 1.82) is 0 Å². The summed E-state index contributed by atoms with van der Waals surface area (Å²) in [6.45, 7) is 6.95. The molecule has 108 valence electrons. The number of halogens is 1. The van der Waals surface area contributed by atoms with Crippen LogP contribution in [-0.2, 0) is 0 Å². The number of hydrogen-bond donors (Lipinski definition) is 0. The van der Waals surface area contributed by atoms with E-state index in [0.717, 1.165) is 5.92 Å². The van der Waals surface area contributed by atoms with Gasteiger partial charge in [-0.25, -0.2) is 0 Å². The fraction of sp³-hybridized carbons (Fsp3) is 1.00. The maximum Gasteiger partial charge on any atom is 0.0472 e. The predicted octanol–water partition coefficient (Wildman–Crippen LogP) is 6.56. The maximum absolute atomic E-state index is 6.86. The monoisotopic (exact) mass is 272 g/mol. The smallest absolute Gasteiger partial charge is 0.0472 e. The molecule has 2 unspecified atom stereocenters. The molecule has 0 nitrogen and oxygen atoms in total. The van der Waals surface area contributed by atoms with Gasteiger partial charge in [-0.1, -0.05) is 65.2 Å². The van der Waals surface area contributed by atoms with Crippen LogP contribution < -0.4 is 0 Å². The molecule has 0 aromatic carbocycles. The average molecular weight is 273 g/mol. The van der Waals surface area contributed by atoms with Gasteiger partial charge in [0.1, 0.15) is 0 Å². The second-order valence-electron chi connectivity index (χ2n) is 6.59. The first-order valence-electron chi connectivity index (χ1n) is 8.28. The molecular weight excluding hydrogens is 240 g/mol. The molecule has 1 aliphatic rings. The third-order valence-corrected chi connectivity index (χ3v) is 5.79. The van der Waals surface area contributed by atoms with E-state index in [9.17, 15) is 0 Å². The van der Waals surface area contributed by atoms with Gasteiger partial charge in [0.05, 0.1) is 0 Å². The summed E-state index contributed by atoms with van der Waals surface area (Å²) in [7, 11) is 0. The molecule has 2 atom stereocenters. The van der Waals surface area contributed by atoms with Gasteiger partial charge in [0.15, 0.2) is 0 Å². The fourth-order valence-electron chi connectivity index (χ4n) is 3.41. The van der Waals surface area contributed by atoms with Gasteiger partial charge in [-0.15, -0.1) is 11.6 Å². The highest BCUT2D eigenvalue weighted by atomic mass is 35.5. The highest BCUT2D eigenvalue weighted by Gasteiger charge is 2.38.